The summed E-state index contributed by atoms with van der Waals surface area (Å²) in [6.45, 7) is 10.5. The average molecular weight is 527 g/mol. The number of carbonyl (C=O) groups is 1. The number of aldehydes is 1. The highest BCUT2D eigenvalue weighted by atomic mass is 32.1. The van der Waals surface area contributed by atoms with Crippen molar-refractivity contribution in [3.05, 3.63) is 46.9 Å². The Kier molecular flexibility index (Phi) is 11.5. The summed E-state index contributed by atoms with van der Waals surface area (Å²) in [5, 5.41) is 0. The summed E-state index contributed by atoms with van der Waals surface area (Å²) in [5.41, 5.74) is 2.00. The van der Waals surface area contributed by atoms with Crippen molar-refractivity contribution in [3.63, 3.8) is 0 Å². The lowest BCUT2D eigenvalue weighted by Gasteiger charge is -2.31. The smallest absolute Gasteiger partial charge is 0.329 e. The van der Waals surface area contributed by atoms with Gasteiger partial charge in [-0.05, 0) is 63.6 Å². The Hall–Kier alpha value is -2.31. The van der Waals surface area contributed by atoms with Gasteiger partial charge in [0, 0.05) is 33.2 Å². The van der Waals surface area contributed by atoms with Crippen molar-refractivity contribution in [2.24, 2.45) is 13.0 Å². The monoisotopic (exact) mass is 526 g/mol. The van der Waals surface area contributed by atoms with Gasteiger partial charge in [-0.25, -0.2) is 4.79 Å². The van der Waals surface area contributed by atoms with Crippen LogP contribution in [0.5, 0.6) is 0 Å². The molecule has 0 aliphatic carbocycles. The molecule has 2 aromatic rings. The molecule has 1 aliphatic heterocycles. The van der Waals surface area contributed by atoms with E-state index in [0.717, 1.165) is 67.8 Å². The maximum Gasteiger partial charge on any atom is 0.329 e. The normalized spacial score (nSPS) is 16.5. The van der Waals surface area contributed by atoms with Crippen molar-refractivity contribution in [1.29, 1.82) is 0 Å². The van der Waals surface area contributed by atoms with Gasteiger partial charge in [0.25, 0.3) is 0 Å². The fourth-order valence-electron chi connectivity index (χ4n) is 5.10. The number of rotatable bonds is 13. The first kappa shape index (κ1) is 29.2. The Morgan fingerprint density at radius 2 is 2.05 bits per heavy atom. The van der Waals surface area contributed by atoms with E-state index in [2.05, 4.69) is 54.4 Å². The van der Waals surface area contributed by atoms with Crippen LogP contribution in [0.25, 0.3) is 11.0 Å². The van der Waals surface area contributed by atoms with Crippen molar-refractivity contribution in [3.8, 4) is 11.8 Å². The van der Waals surface area contributed by atoms with Gasteiger partial charge in [-0.15, -0.1) is 6.58 Å². The molecule has 0 bridgehead atoms. The zero-order valence-corrected chi connectivity index (χ0v) is 23.5. The molecule has 8 heteroatoms. The highest BCUT2D eigenvalue weighted by Crippen LogP contribution is 2.22. The van der Waals surface area contributed by atoms with Crippen LogP contribution < -0.4 is 5.69 Å². The van der Waals surface area contributed by atoms with E-state index >= 15 is 0 Å². The van der Waals surface area contributed by atoms with Gasteiger partial charge in [-0.3, -0.25) is 13.4 Å². The zero-order valence-electron chi connectivity index (χ0n) is 22.6. The number of fused-ring (bicyclic) bond motifs is 1. The molecule has 0 N–H and O–H groups in total. The molecule has 7 nitrogen and oxygen atoms in total. The lowest BCUT2D eigenvalue weighted by atomic mass is 9.97. The van der Waals surface area contributed by atoms with E-state index in [1.165, 1.54) is 12.8 Å². The number of aromatic nitrogens is 2. The number of aryl methyl sites for hydroxylation is 1. The Labute approximate surface area is 227 Å². The van der Waals surface area contributed by atoms with Gasteiger partial charge in [-0.2, -0.15) is 0 Å². The second kappa shape index (κ2) is 14.6. The van der Waals surface area contributed by atoms with E-state index in [1.54, 1.807) is 22.3 Å². The molecule has 1 fully saturated rings. The molecule has 2 unspecified atom stereocenters. The molecule has 0 radical (unpaired) electrons. The molecule has 2 heterocycles. The average Bonchev–Trinajstić information content (AvgIpc) is 3.16. The number of benzene rings is 1. The van der Waals surface area contributed by atoms with Crippen LogP contribution in [0.3, 0.4) is 0 Å². The molecule has 1 saturated heterocycles. The summed E-state index contributed by atoms with van der Waals surface area (Å²) in [7, 11) is 3.92. The van der Waals surface area contributed by atoms with E-state index in [-0.39, 0.29) is 11.8 Å². The number of thiol groups is 1. The Morgan fingerprint density at radius 3 is 2.73 bits per heavy atom. The number of allylic oxidation sites excluding steroid dienone is 1. The molecule has 37 heavy (non-hydrogen) atoms. The second-order valence-corrected chi connectivity index (χ2v) is 10.6. The van der Waals surface area contributed by atoms with Crippen LogP contribution in [0.1, 0.15) is 57.1 Å². The third kappa shape index (κ3) is 7.84. The summed E-state index contributed by atoms with van der Waals surface area (Å²) in [6.07, 6.45) is 8.30. The minimum absolute atomic E-state index is 0.162. The van der Waals surface area contributed by atoms with Gasteiger partial charge >= 0.3 is 5.69 Å². The van der Waals surface area contributed by atoms with E-state index in [1.807, 2.05) is 18.2 Å². The molecule has 0 amide bonds. The first-order valence-electron chi connectivity index (χ1n) is 13.4. The molecule has 3 rings (SSSR count). The fraction of sp³-hybridized carbons (Fsp3) is 0.586. The Bertz CT molecular complexity index is 1150. The fourth-order valence-corrected chi connectivity index (χ4v) is 5.33. The van der Waals surface area contributed by atoms with Gasteiger partial charge in [0.1, 0.15) is 12.9 Å². The van der Waals surface area contributed by atoms with Gasteiger partial charge in [0.15, 0.2) is 0 Å². The highest BCUT2D eigenvalue weighted by Gasteiger charge is 2.20. The third-order valence-corrected chi connectivity index (χ3v) is 7.72. The van der Waals surface area contributed by atoms with Crippen LogP contribution in [0.4, 0.5) is 0 Å². The number of hydrogen-bond donors (Lipinski definition) is 1. The summed E-state index contributed by atoms with van der Waals surface area (Å²) in [5.74, 6) is 7.09. The molecule has 1 aliphatic rings. The number of piperidine rings is 1. The number of nitrogens with zero attached hydrogens (tertiary/aromatic N) is 4. The summed E-state index contributed by atoms with van der Waals surface area (Å²) < 4.78 is 11.4. The lowest BCUT2D eigenvalue weighted by Crippen LogP contribution is -2.35. The second-order valence-electron chi connectivity index (χ2n) is 10.0. The van der Waals surface area contributed by atoms with Gasteiger partial charge < -0.3 is 14.4 Å². The molecule has 1 aromatic carbocycles. The minimum atomic E-state index is -0.528. The van der Waals surface area contributed by atoms with Crippen molar-refractivity contribution < 1.29 is 9.53 Å². The number of carbonyl (C=O) groups excluding carboxylic acids is 1. The molecule has 1 aromatic heterocycles. The predicted octanol–water partition coefficient (Wildman–Crippen LogP) is 4.07. The van der Waals surface area contributed by atoms with Crippen LogP contribution in [-0.2, 0) is 16.6 Å². The lowest BCUT2D eigenvalue weighted by molar-refractivity contribution is -0.110. The SMILES string of the molecule is C=CCCC(C=O)n1c(=O)n(C)c2c(C#CCOC(CC)CCN(C)CC3CCN(S)CC3)cccc21. The first-order chi connectivity index (χ1) is 17.9. The van der Waals surface area contributed by atoms with Crippen LogP contribution in [-0.4, -0.2) is 70.6 Å². The van der Waals surface area contributed by atoms with Crippen molar-refractivity contribution >= 4 is 30.1 Å². The highest BCUT2D eigenvalue weighted by molar-refractivity contribution is 7.77. The summed E-state index contributed by atoms with van der Waals surface area (Å²) in [4.78, 5) is 27.2. The topological polar surface area (TPSA) is 59.7 Å². The third-order valence-electron chi connectivity index (χ3n) is 7.32. The van der Waals surface area contributed by atoms with E-state index in [0.29, 0.717) is 19.4 Å². The largest absolute Gasteiger partial charge is 0.366 e. The van der Waals surface area contributed by atoms with Gasteiger partial charge in [0.2, 0.25) is 0 Å². The van der Waals surface area contributed by atoms with Crippen LogP contribution in [0.15, 0.2) is 35.6 Å². The summed E-state index contributed by atoms with van der Waals surface area (Å²) >= 11 is 4.45. The van der Waals surface area contributed by atoms with E-state index in [4.69, 9.17) is 4.74 Å². The maximum absolute atomic E-state index is 13.0. The standard InChI is InChI=1S/C29H42N4O3S/c1-5-7-12-25(22-34)33-27-13-8-10-24(28(27)31(4)29(33)35)11-9-20-36-26(6-2)16-17-30(3)21-23-14-18-32(37)19-15-23/h5,8,10,13,22-23,25-26,37H,1,6-7,12,14-21H2,2-4H3. The Balaban J connectivity index is 1.60. The maximum atomic E-state index is 13.0. The van der Waals surface area contributed by atoms with E-state index < -0.39 is 6.04 Å². The first-order valence-corrected chi connectivity index (χ1v) is 13.8. The zero-order chi connectivity index (χ0) is 26.8. The van der Waals surface area contributed by atoms with Gasteiger partial charge in [-0.1, -0.05) is 43.7 Å². The number of ether oxygens (including phenoxy) is 1. The number of para-hydroxylation sites is 1. The molecule has 202 valence electrons. The van der Waals surface area contributed by atoms with E-state index in [9.17, 15) is 9.59 Å². The molecule has 2 atom stereocenters. The van der Waals surface area contributed by atoms with Crippen LogP contribution in [0.2, 0.25) is 0 Å². The number of imidazole rings is 1. The molecule has 0 spiro atoms. The molecular weight excluding hydrogens is 484 g/mol. The minimum Gasteiger partial charge on any atom is -0.366 e. The van der Waals surface area contributed by atoms with Gasteiger partial charge in [0.05, 0.1) is 28.7 Å². The van der Waals surface area contributed by atoms with Crippen molar-refractivity contribution in [1.82, 2.24) is 18.3 Å². The molecule has 0 saturated carbocycles. The molecular formula is C29H42N4O3S. The number of hydrogen-bond acceptors (Lipinski definition) is 6. The van der Waals surface area contributed by atoms with Crippen LogP contribution >= 0.6 is 12.8 Å². The Morgan fingerprint density at radius 1 is 1.30 bits per heavy atom. The van der Waals surface area contributed by atoms with Crippen LogP contribution in [0, 0.1) is 17.8 Å². The predicted molar refractivity (Wildman–Crippen MR) is 154 cm³/mol. The quantitative estimate of drug-likeness (QED) is 0.185. The van der Waals surface area contributed by atoms with Crippen molar-refractivity contribution in [2.75, 3.05) is 39.8 Å². The summed E-state index contributed by atoms with van der Waals surface area (Å²) in [6, 6.07) is 5.13. The van der Waals surface area contributed by atoms with Crippen molar-refractivity contribution in [2.45, 2.75) is 57.6 Å².